The Kier molecular flexibility index (Phi) is 5.15. The summed E-state index contributed by atoms with van der Waals surface area (Å²) in [5, 5.41) is 6.31. The highest BCUT2D eigenvalue weighted by molar-refractivity contribution is 7.99. The van der Waals surface area contributed by atoms with E-state index in [1.165, 1.54) is 0 Å². The first-order valence-electron chi connectivity index (χ1n) is 7.19. The van der Waals surface area contributed by atoms with Crippen LogP contribution in [0.2, 0.25) is 0 Å². The molecule has 0 aromatic rings. The van der Waals surface area contributed by atoms with Crippen LogP contribution in [0.3, 0.4) is 0 Å². The van der Waals surface area contributed by atoms with Crippen molar-refractivity contribution >= 4 is 17.7 Å². The highest BCUT2D eigenvalue weighted by Crippen LogP contribution is 2.33. The molecule has 2 N–H and O–H groups in total. The number of hydrogen-bond acceptors (Lipinski definition) is 4. The molecule has 0 aromatic heterocycles. The van der Waals surface area contributed by atoms with Gasteiger partial charge < -0.3 is 10.1 Å². The average molecular weight is 286 g/mol. The van der Waals surface area contributed by atoms with E-state index in [0.717, 1.165) is 37.6 Å². The lowest BCUT2D eigenvalue weighted by atomic mass is 9.78. The highest BCUT2D eigenvalue weighted by Gasteiger charge is 2.35. The van der Waals surface area contributed by atoms with E-state index in [-0.39, 0.29) is 23.5 Å². The number of ether oxygens (including phenoxy) is 1. The summed E-state index contributed by atoms with van der Waals surface area (Å²) in [5.74, 6) is 2.35. The maximum absolute atomic E-state index is 12.0. The van der Waals surface area contributed by atoms with E-state index in [1.54, 1.807) is 11.8 Å². The highest BCUT2D eigenvalue weighted by atomic mass is 32.2. The van der Waals surface area contributed by atoms with Crippen molar-refractivity contribution < 1.29 is 9.53 Å². The molecule has 0 bridgehead atoms. The van der Waals surface area contributed by atoms with E-state index in [9.17, 15) is 4.79 Å². The van der Waals surface area contributed by atoms with Crippen LogP contribution in [0.15, 0.2) is 0 Å². The van der Waals surface area contributed by atoms with E-state index < -0.39 is 0 Å². The van der Waals surface area contributed by atoms with Gasteiger partial charge in [-0.2, -0.15) is 0 Å². The van der Waals surface area contributed by atoms with Crippen molar-refractivity contribution in [2.45, 2.75) is 45.8 Å². The van der Waals surface area contributed by atoms with Gasteiger partial charge in [0.15, 0.2) is 0 Å². The third kappa shape index (κ3) is 4.10. The Labute approximate surface area is 120 Å². The van der Waals surface area contributed by atoms with Gasteiger partial charge in [0.25, 0.3) is 0 Å². The minimum atomic E-state index is -0.0115. The van der Waals surface area contributed by atoms with Crippen LogP contribution in [0.5, 0.6) is 0 Å². The van der Waals surface area contributed by atoms with Crippen LogP contribution in [0.4, 0.5) is 0 Å². The lowest BCUT2D eigenvalue weighted by Crippen LogP contribution is -2.48. The zero-order chi connectivity index (χ0) is 13.9. The molecule has 0 radical (unpaired) electrons. The van der Waals surface area contributed by atoms with Crippen LogP contribution in [-0.2, 0) is 9.53 Å². The Morgan fingerprint density at radius 2 is 2.26 bits per heavy atom. The second-order valence-electron chi connectivity index (χ2n) is 6.58. The van der Waals surface area contributed by atoms with Gasteiger partial charge in [-0.05, 0) is 18.3 Å². The van der Waals surface area contributed by atoms with E-state index in [4.69, 9.17) is 4.74 Å². The Morgan fingerprint density at radius 3 is 2.89 bits per heavy atom. The second kappa shape index (κ2) is 6.46. The number of amides is 1. The van der Waals surface area contributed by atoms with Crippen LogP contribution >= 0.6 is 11.8 Å². The van der Waals surface area contributed by atoms with Gasteiger partial charge in [0.05, 0.1) is 12.1 Å². The van der Waals surface area contributed by atoms with Crippen molar-refractivity contribution in [3.8, 4) is 0 Å². The smallest absolute Gasteiger partial charge is 0.238 e. The normalized spacial score (nSPS) is 32.3. The summed E-state index contributed by atoms with van der Waals surface area (Å²) in [6, 6.07) is -0.0115. The lowest BCUT2D eigenvalue weighted by molar-refractivity contribution is -0.124. The van der Waals surface area contributed by atoms with Crippen molar-refractivity contribution in [3.63, 3.8) is 0 Å². The summed E-state index contributed by atoms with van der Waals surface area (Å²) in [7, 11) is 0. The minimum absolute atomic E-state index is 0.0115. The molecule has 3 atom stereocenters. The maximum atomic E-state index is 12.0. The fourth-order valence-electron chi connectivity index (χ4n) is 2.93. The average Bonchev–Trinajstić information content (AvgIpc) is 2.89. The van der Waals surface area contributed by atoms with E-state index in [2.05, 4.69) is 31.4 Å². The molecule has 0 aliphatic carbocycles. The third-order valence-electron chi connectivity index (χ3n) is 3.87. The van der Waals surface area contributed by atoms with E-state index in [0.29, 0.717) is 5.92 Å². The third-order valence-corrected chi connectivity index (χ3v) is 4.81. The predicted molar refractivity (Wildman–Crippen MR) is 79.2 cm³/mol. The largest absolute Gasteiger partial charge is 0.377 e. The standard InChI is InChI=1S/C14H26N2O2S/c1-14(2,3)12-10(5-4-6-18-12)7-15-13(17)11-8-19-9-16-11/h10-12,16H,4-9H2,1-3H3,(H,15,17). The van der Waals surface area contributed by atoms with Gasteiger partial charge in [-0.3, -0.25) is 10.1 Å². The van der Waals surface area contributed by atoms with Gasteiger partial charge in [-0.25, -0.2) is 0 Å². The molecule has 4 nitrogen and oxygen atoms in total. The molecule has 2 fully saturated rings. The number of thioether (sulfide) groups is 1. The zero-order valence-electron chi connectivity index (χ0n) is 12.2. The molecule has 0 spiro atoms. The first-order chi connectivity index (χ1) is 8.98. The number of carbonyl (C=O) groups excluding carboxylic acids is 1. The van der Waals surface area contributed by atoms with Crippen LogP contribution in [0.25, 0.3) is 0 Å². The van der Waals surface area contributed by atoms with Gasteiger partial charge in [-0.1, -0.05) is 20.8 Å². The van der Waals surface area contributed by atoms with Crippen LogP contribution in [0, 0.1) is 11.3 Å². The van der Waals surface area contributed by atoms with E-state index >= 15 is 0 Å². The minimum Gasteiger partial charge on any atom is -0.377 e. The summed E-state index contributed by atoms with van der Waals surface area (Å²) in [6.07, 6.45) is 2.49. The molecule has 2 aliphatic rings. The Morgan fingerprint density at radius 1 is 1.47 bits per heavy atom. The second-order valence-corrected chi connectivity index (χ2v) is 7.61. The molecule has 2 saturated heterocycles. The summed E-state index contributed by atoms with van der Waals surface area (Å²) < 4.78 is 5.94. The van der Waals surface area contributed by atoms with Gasteiger partial charge in [0, 0.05) is 30.7 Å². The van der Waals surface area contributed by atoms with E-state index in [1.807, 2.05) is 0 Å². The molecular formula is C14H26N2O2S. The SMILES string of the molecule is CC(C)(C)C1OCCCC1CNC(=O)C1CSCN1. The molecule has 5 heteroatoms. The lowest BCUT2D eigenvalue weighted by Gasteiger charge is -2.40. The Hall–Kier alpha value is -0.260. The maximum Gasteiger partial charge on any atom is 0.238 e. The van der Waals surface area contributed by atoms with Crippen LogP contribution < -0.4 is 10.6 Å². The fourth-order valence-corrected chi connectivity index (χ4v) is 3.87. The van der Waals surface area contributed by atoms with Gasteiger partial charge in [0.2, 0.25) is 5.91 Å². The molecule has 2 rings (SSSR count). The molecule has 0 aromatic carbocycles. The summed E-state index contributed by atoms with van der Waals surface area (Å²) >= 11 is 1.78. The van der Waals surface area contributed by atoms with Crippen molar-refractivity contribution in [2.75, 3.05) is 24.8 Å². The quantitative estimate of drug-likeness (QED) is 0.827. The van der Waals surface area contributed by atoms with Gasteiger partial charge >= 0.3 is 0 Å². The molecule has 19 heavy (non-hydrogen) atoms. The van der Waals surface area contributed by atoms with Crippen LogP contribution in [0.1, 0.15) is 33.6 Å². The van der Waals surface area contributed by atoms with Crippen molar-refractivity contribution in [1.82, 2.24) is 10.6 Å². The first-order valence-corrected chi connectivity index (χ1v) is 8.34. The first kappa shape index (κ1) is 15.1. The summed E-state index contributed by atoms with van der Waals surface area (Å²) in [6.45, 7) is 8.24. The molecule has 3 unspecified atom stereocenters. The summed E-state index contributed by atoms with van der Waals surface area (Å²) in [5.41, 5.74) is 0.136. The molecule has 2 heterocycles. The van der Waals surface area contributed by atoms with Crippen molar-refractivity contribution in [3.05, 3.63) is 0 Å². The molecule has 110 valence electrons. The molecule has 2 aliphatic heterocycles. The molecule has 1 amide bonds. The number of nitrogens with one attached hydrogen (secondary N) is 2. The van der Waals surface area contributed by atoms with Gasteiger partial charge in [0.1, 0.15) is 0 Å². The van der Waals surface area contributed by atoms with Crippen LogP contribution in [-0.4, -0.2) is 42.8 Å². The number of hydrogen-bond donors (Lipinski definition) is 2. The molecular weight excluding hydrogens is 260 g/mol. The zero-order valence-corrected chi connectivity index (χ0v) is 13.0. The van der Waals surface area contributed by atoms with Gasteiger partial charge in [-0.15, -0.1) is 11.8 Å². The van der Waals surface area contributed by atoms with Crippen molar-refractivity contribution in [2.24, 2.45) is 11.3 Å². The topological polar surface area (TPSA) is 50.4 Å². The number of carbonyl (C=O) groups is 1. The monoisotopic (exact) mass is 286 g/mol. The predicted octanol–water partition coefficient (Wildman–Crippen LogP) is 1.61. The molecule has 0 saturated carbocycles. The number of rotatable bonds is 3. The summed E-state index contributed by atoms with van der Waals surface area (Å²) in [4.78, 5) is 12.0. The Balaban J connectivity index is 1.84. The fraction of sp³-hybridized carbons (Fsp3) is 0.929. The Bertz CT molecular complexity index is 311. The van der Waals surface area contributed by atoms with Crippen molar-refractivity contribution in [1.29, 1.82) is 0 Å².